The maximum Gasteiger partial charge on any atom is 0.202 e. The van der Waals surface area contributed by atoms with Gasteiger partial charge in [-0.1, -0.05) is 55.4 Å². The van der Waals surface area contributed by atoms with Gasteiger partial charge in [-0.25, -0.2) is 0 Å². The van der Waals surface area contributed by atoms with Crippen LogP contribution in [-0.2, 0) is 20.4 Å². The van der Waals surface area contributed by atoms with Crippen molar-refractivity contribution >= 4 is 22.8 Å². The minimum absolute atomic E-state index is 0.0898. The minimum atomic E-state index is -0.669. The number of phenolic OH excluding ortho intramolecular Hbond substituents is 2. The molecule has 234 valence electrons. The lowest BCUT2D eigenvalue weighted by molar-refractivity contribution is -0.115. The Hall–Kier alpha value is -3.68. The minimum Gasteiger partial charge on any atom is -0.507 e. The summed E-state index contributed by atoms with van der Waals surface area (Å²) in [7, 11) is 0. The zero-order valence-electron chi connectivity index (χ0n) is 27.2. The Bertz CT molecular complexity index is 1700. The molecule has 0 atom stereocenters. The zero-order chi connectivity index (χ0) is 32.0. The van der Waals surface area contributed by atoms with Crippen molar-refractivity contribution in [3.8, 4) is 11.5 Å². The number of phenols is 2. The average Bonchev–Trinajstić information content (AvgIpc) is 2.90. The van der Waals surface area contributed by atoms with Gasteiger partial charge in [-0.3, -0.25) is 9.59 Å². The van der Waals surface area contributed by atoms with E-state index in [1.54, 1.807) is 0 Å². The maximum atomic E-state index is 14.3. The van der Waals surface area contributed by atoms with E-state index in [1.165, 1.54) is 0 Å². The van der Waals surface area contributed by atoms with Crippen LogP contribution in [0.15, 0.2) is 39.5 Å². The number of rotatable bonds is 1. The van der Waals surface area contributed by atoms with Crippen molar-refractivity contribution < 1.29 is 30.0 Å². The highest BCUT2D eigenvalue weighted by molar-refractivity contribution is 6.42. The summed E-state index contributed by atoms with van der Waals surface area (Å²) in [5.41, 5.74) is 1.52. The lowest BCUT2D eigenvalue weighted by Gasteiger charge is -2.51. The van der Waals surface area contributed by atoms with E-state index in [2.05, 4.69) is 9.80 Å². The van der Waals surface area contributed by atoms with E-state index in [0.717, 1.165) is 63.2 Å². The van der Waals surface area contributed by atoms with Gasteiger partial charge in [0.25, 0.3) is 0 Å². The first kappa shape index (κ1) is 29.1. The third kappa shape index (κ3) is 3.45. The summed E-state index contributed by atoms with van der Waals surface area (Å²) >= 11 is 0. The molecule has 1 saturated heterocycles. The Balaban J connectivity index is 1.50. The highest BCUT2D eigenvalue weighted by Crippen LogP contribution is 2.61. The van der Waals surface area contributed by atoms with Gasteiger partial charge in [0.1, 0.15) is 23.0 Å². The Morgan fingerprint density at radius 1 is 0.523 bits per heavy atom. The predicted octanol–water partition coefficient (Wildman–Crippen LogP) is 6.23. The molecule has 0 saturated carbocycles. The third-order valence-corrected chi connectivity index (χ3v) is 11.6. The number of anilines is 1. The van der Waals surface area contributed by atoms with Gasteiger partial charge in [0, 0.05) is 48.5 Å². The number of nitrogens with zero attached hydrogens (tertiary/aromatic N) is 2. The average molecular weight is 601 g/mol. The fourth-order valence-corrected chi connectivity index (χ4v) is 8.76. The number of carbonyl (C=O) groups is 2. The van der Waals surface area contributed by atoms with Gasteiger partial charge in [-0.15, -0.1) is 0 Å². The number of hydrogen-bond acceptors (Lipinski definition) is 8. The molecule has 8 nitrogen and oxygen atoms in total. The van der Waals surface area contributed by atoms with Crippen LogP contribution in [0.1, 0.15) is 97.8 Å². The van der Waals surface area contributed by atoms with Crippen LogP contribution in [0.3, 0.4) is 0 Å². The van der Waals surface area contributed by atoms with Crippen molar-refractivity contribution in [2.24, 2.45) is 10.8 Å². The van der Waals surface area contributed by atoms with E-state index in [-0.39, 0.29) is 39.5 Å². The topological polar surface area (TPSA) is 122 Å². The zero-order valence-corrected chi connectivity index (χ0v) is 27.2. The van der Waals surface area contributed by atoms with Crippen molar-refractivity contribution in [3.05, 3.63) is 56.2 Å². The molecule has 2 aliphatic carbocycles. The predicted molar refractivity (Wildman–Crippen MR) is 169 cm³/mol. The summed E-state index contributed by atoms with van der Waals surface area (Å²) in [5.74, 6) is -2.29. The van der Waals surface area contributed by atoms with Gasteiger partial charge in [-0.2, -0.15) is 0 Å². The summed E-state index contributed by atoms with van der Waals surface area (Å²) in [6.07, 6.45) is 3.07. The highest BCUT2D eigenvalue weighted by atomic mass is 16.3. The van der Waals surface area contributed by atoms with Gasteiger partial charge < -0.3 is 30.2 Å². The number of benzene rings is 1. The molecule has 4 heterocycles. The molecule has 0 spiro atoms. The number of aromatic hydroxyl groups is 2. The summed E-state index contributed by atoms with van der Waals surface area (Å²) < 4.78 is 0. The Labute approximate surface area is 259 Å². The second kappa shape index (κ2) is 8.52. The second-order valence-corrected chi connectivity index (χ2v) is 16.3. The molecule has 44 heavy (non-hydrogen) atoms. The van der Waals surface area contributed by atoms with E-state index >= 15 is 0 Å². The summed E-state index contributed by atoms with van der Waals surface area (Å²) in [5, 5.41) is 47.1. The summed E-state index contributed by atoms with van der Waals surface area (Å²) in [6.45, 7) is 19.4. The van der Waals surface area contributed by atoms with Crippen molar-refractivity contribution in [3.63, 3.8) is 0 Å². The molecule has 6 aliphatic rings. The van der Waals surface area contributed by atoms with Gasteiger partial charge in [0.2, 0.25) is 5.78 Å². The quantitative estimate of drug-likeness (QED) is 0.280. The lowest BCUT2D eigenvalue weighted by atomic mass is 9.62. The van der Waals surface area contributed by atoms with Gasteiger partial charge in [-0.05, 0) is 47.3 Å². The van der Waals surface area contributed by atoms with E-state index in [1.807, 2.05) is 55.4 Å². The molecule has 0 aromatic heterocycles. The van der Waals surface area contributed by atoms with E-state index in [0.29, 0.717) is 22.3 Å². The first-order valence-electron chi connectivity index (χ1n) is 15.9. The van der Waals surface area contributed by atoms with Crippen LogP contribution in [0.2, 0.25) is 0 Å². The molecule has 4 aliphatic heterocycles. The molecular formula is C36H44N2O6. The molecule has 1 fully saturated rings. The molecule has 0 bridgehead atoms. The van der Waals surface area contributed by atoms with Crippen LogP contribution in [-0.4, -0.2) is 63.1 Å². The number of Topliss-reactive ketones (excluding diaryl/α,β-unsaturated/α-hetero) is 2. The molecule has 1 aromatic carbocycles. The second-order valence-electron chi connectivity index (χ2n) is 16.3. The van der Waals surface area contributed by atoms with Crippen molar-refractivity contribution in [2.75, 3.05) is 31.1 Å². The summed E-state index contributed by atoms with van der Waals surface area (Å²) in [4.78, 5) is 32.9. The molecular weight excluding hydrogens is 556 g/mol. The molecule has 4 N–H and O–H groups in total. The molecule has 0 radical (unpaired) electrons. The van der Waals surface area contributed by atoms with Crippen LogP contribution < -0.4 is 4.90 Å². The number of aliphatic hydroxyl groups is 2. The van der Waals surface area contributed by atoms with Crippen LogP contribution >= 0.6 is 0 Å². The van der Waals surface area contributed by atoms with Gasteiger partial charge >= 0.3 is 0 Å². The smallest absolute Gasteiger partial charge is 0.202 e. The van der Waals surface area contributed by atoms with Crippen molar-refractivity contribution in [1.29, 1.82) is 0 Å². The molecule has 7 rings (SSSR count). The number of hydrogen-bond donors (Lipinski definition) is 4. The van der Waals surface area contributed by atoms with Crippen LogP contribution in [0.4, 0.5) is 5.69 Å². The van der Waals surface area contributed by atoms with Crippen LogP contribution in [0, 0.1) is 10.8 Å². The highest BCUT2D eigenvalue weighted by Gasteiger charge is 2.54. The van der Waals surface area contributed by atoms with Gasteiger partial charge in [0.15, 0.2) is 5.78 Å². The monoisotopic (exact) mass is 600 g/mol. The molecule has 8 heteroatoms. The van der Waals surface area contributed by atoms with E-state index in [4.69, 9.17) is 0 Å². The molecule has 0 amide bonds. The normalized spacial score (nSPS) is 27.8. The van der Waals surface area contributed by atoms with Crippen LogP contribution in [0.5, 0.6) is 11.5 Å². The standard InChI is InChI=1S/C36H44N2O6/c1-33(2)9-13-37-14-10-34(3,4)22-25(37)21(33)29(41)19(30(22)42)17-27(39)18(28(17)40)20-31(43)23-26-24(32(20)44)36(7,8)12-16-38(26)15-11-35(23,5)6/h39,41-43H,9-16H2,1-8H3/b20-18+. The Morgan fingerprint density at radius 3 is 1.45 bits per heavy atom. The third-order valence-electron chi connectivity index (χ3n) is 11.6. The van der Waals surface area contributed by atoms with Gasteiger partial charge in [0.05, 0.1) is 33.7 Å². The van der Waals surface area contributed by atoms with Crippen molar-refractivity contribution in [2.45, 2.75) is 91.9 Å². The fraction of sp³-hybridized carbons (Fsp3) is 0.556. The fourth-order valence-electron chi connectivity index (χ4n) is 8.76. The number of allylic oxidation sites excluding steroid dienone is 5. The van der Waals surface area contributed by atoms with Crippen LogP contribution in [0.25, 0.3) is 5.57 Å². The first-order valence-corrected chi connectivity index (χ1v) is 15.9. The number of piperidine rings is 1. The Kier molecular flexibility index (Phi) is 5.63. The van der Waals surface area contributed by atoms with Crippen molar-refractivity contribution in [1.82, 2.24) is 4.90 Å². The lowest BCUT2D eigenvalue weighted by Crippen LogP contribution is -2.49. The number of ketones is 2. The summed E-state index contributed by atoms with van der Waals surface area (Å²) in [6, 6.07) is 0. The van der Waals surface area contributed by atoms with E-state index in [9.17, 15) is 30.0 Å². The first-order chi connectivity index (χ1) is 20.3. The number of aliphatic hydroxyl groups excluding tert-OH is 2. The largest absolute Gasteiger partial charge is 0.507 e. The number of carbonyl (C=O) groups excluding carboxylic acids is 2. The molecule has 0 unspecified atom stereocenters. The maximum absolute atomic E-state index is 14.3. The van der Waals surface area contributed by atoms with E-state index < -0.39 is 39.0 Å². The Morgan fingerprint density at radius 2 is 0.955 bits per heavy atom. The molecule has 1 aromatic rings. The SMILES string of the molecule is CC1(C)CCN2CCC(C)(C)C3=C2C1=C(O)/C(=C1\C(=O)C(c2c(O)c4c5c(c2O)C(C)(C)CCN5CCC4(C)C)=C1O)C3=O.